The van der Waals surface area contributed by atoms with Crippen molar-refractivity contribution >= 4 is 11.6 Å². The van der Waals surface area contributed by atoms with Crippen LogP contribution in [0, 0.1) is 0 Å². The van der Waals surface area contributed by atoms with E-state index in [4.69, 9.17) is 20.4 Å². The highest BCUT2D eigenvalue weighted by Crippen LogP contribution is 2.26. The molecule has 0 unspecified atom stereocenters. The van der Waals surface area contributed by atoms with E-state index in [0.717, 1.165) is 6.07 Å². The van der Waals surface area contributed by atoms with Gasteiger partial charge in [0.1, 0.15) is 28.6 Å². The molecule has 6 nitrogen and oxygen atoms in total. The lowest BCUT2D eigenvalue weighted by atomic mass is 10.1. The summed E-state index contributed by atoms with van der Waals surface area (Å²) in [6.45, 7) is 2.64. The monoisotopic (exact) mass is 304 g/mol. The van der Waals surface area contributed by atoms with E-state index in [1.165, 1.54) is 44.2 Å². The van der Waals surface area contributed by atoms with Gasteiger partial charge in [-0.15, -0.1) is 0 Å². The molecule has 0 amide bonds. The second-order valence-electron chi connectivity index (χ2n) is 4.49. The van der Waals surface area contributed by atoms with Gasteiger partial charge in [0, 0.05) is 6.07 Å². The van der Waals surface area contributed by atoms with Gasteiger partial charge in [0.25, 0.3) is 0 Å². The Kier molecular flexibility index (Phi) is 5.51. The smallest absolute Gasteiger partial charge is 0.167 e. The van der Waals surface area contributed by atoms with E-state index < -0.39 is 0 Å². The van der Waals surface area contributed by atoms with Crippen molar-refractivity contribution in [2.45, 2.75) is 13.8 Å². The van der Waals surface area contributed by atoms with Crippen molar-refractivity contribution < 1.29 is 30.0 Å². The summed E-state index contributed by atoms with van der Waals surface area (Å²) in [7, 11) is 0. The maximum atomic E-state index is 10.8. The lowest BCUT2D eigenvalue weighted by Gasteiger charge is -2.01. The summed E-state index contributed by atoms with van der Waals surface area (Å²) in [5.41, 5.74) is 0.204. The Labute approximate surface area is 126 Å². The Morgan fingerprint density at radius 1 is 0.773 bits per heavy atom. The summed E-state index contributed by atoms with van der Waals surface area (Å²) in [6.07, 6.45) is 0. The number of phenolic OH excluding ortho intramolecular Hbond substituents is 4. The van der Waals surface area contributed by atoms with E-state index in [2.05, 4.69) is 0 Å². The molecule has 4 N–H and O–H groups in total. The van der Waals surface area contributed by atoms with Crippen LogP contribution in [0.15, 0.2) is 36.4 Å². The van der Waals surface area contributed by atoms with Crippen LogP contribution in [0.4, 0.5) is 0 Å². The van der Waals surface area contributed by atoms with E-state index in [-0.39, 0.29) is 45.7 Å². The molecule has 0 fully saturated rings. The number of phenols is 4. The number of Topliss-reactive ketones (excluding diaryl/α,β-unsaturated/α-hetero) is 2. The summed E-state index contributed by atoms with van der Waals surface area (Å²) in [6, 6.07) is 8.06. The van der Waals surface area contributed by atoms with Gasteiger partial charge < -0.3 is 20.4 Å². The van der Waals surface area contributed by atoms with E-state index in [9.17, 15) is 9.59 Å². The Hall–Kier alpha value is -3.02. The van der Waals surface area contributed by atoms with Gasteiger partial charge in [-0.25, -0.2) is 0 Å². The Balaban J connectivity index is 0.000000220. The van der Waals surface area contributed by atoms with Crippen LogP contribution < -0.4 is 0 Å². The molecule has 2 aromatic carbocycles. The molecule has 0 aliphatic carbocycles. The molecule has 0 saturated heterocycles. The molecular weight excluding hydrogens is 288 g/mol. The third-order valence-electron chi connectivity index (χ3n) is 2.73. The van der Waals surface area contributed by atoms with E-state index >= 15 is 0 Å². The maximum absolute atomic E-state index is 10.8. The van der Waals surface area contributed by atoms with Crippen molar-refractivity contribution in [1.82, 2.24) is 0 Å². The fourth-order valence-corrected chi connectivity index (χ4v) is 1.71. The number of aromatic hydroxyl groups is 4. The molecule has 22 heavy (non-hydrogen) atoms. The van der Waals surface area contributed by atoms with Gasteiger partial charge in [-0.3, -0.25) is 9.59 Å². The van der Waals surface area contributed by atoms with Crippen molar-refractivity contribution in [1.29, 1.82) is 0 Å². The van der Waals surface area contributed by atoms with E-state index in [0.29, 0.717) is 0 Å². The normalized spacial score (nSPS) is 9.55. The molecule has 0 heterocycles. The zero-order valence-corrected chi connectivity index (χ0v) is 12.1. The maximum Gasteiger partial charge on any atom is 0.167 e. The van der Waals surface area contributed by atoms with Crippen molar-refractivity contribution in [3.63, 3.8) is 0 Å². The minimum absolute atomic E-state index is 0.0208. The molecule has 0 spiro atoms. The quantitative estimate of drug-likeness (QED) is 0.634. The number of benzene rings is 2. The predicted molar refractivity (Wildman–Crippen MR) is 79.6 cm³/mol. The topological polar surface area (TPSA) is 115 Å². The highest BCUT2D eigenvalue weighted by molar-refractivity contribution is 5.99. The van der Waals surface area contributed by atoms with Crippen LogP contribution in [0.5, 0.6) is 23.0 Å². The highest BCUT2D eigenvalue weighted by atomic mass is 16.3. The lowest BCUT2D eigenvalue weighted by Crippen LogP contribution is -1.92. The molecule has 0 aromatic heterocycles. The molecule has 0 saturated carbocycles. The standard InChI is InChI=1S/2C8H8O3/c1-5(9)7-3-2-6(10)4-8(7)11;1-5(9)8-6(10)3-2-4-7(8)11/h2*2-4,10-11H,1H3. The molecule has 0 bridgehead atoms. The van der Waals surface area contributed by atoms with Gasteiger partial charge in [-0.2, -0.15) is 0 Å². The summed E-state index contributed by atoms with van der Waals surface area (Å²) in [5.74, 6) is -1.16. The molecule has 6 heteroatoms. The Morgan fingerprint density at radius 2 is 1.32 bits per heavy atom. The zero-order valence-electron chi connectivity index (χ0n) is 12.1. The van der Waals surface area contributed by atoms with Crippen LogP contribution in [0.25, 0.3) is 0 Å². The first-order valence-electron chi connectivity index (χ1n) is 6.28. The second kappa shape index (κ2) is 7.12. The number of hydrogen-bond acceptors (Lipinski definition) is 6. The van der Waals surface area contributed by atoms with Crippen molar-refractivity contribution in [2.24, 2.45) is 0 Å². The first-order chi connectivity index (χ1) is 10.2. The van der Waals surface area contributed by atoms with Crippen LogP contribution in [-0.2, 0) is 0 Å². The third-order valence-corrected chi connectivity index (χ3v) is 2.73. The Bertz CT molecular complexity index is 686. The van der Waals surface area contributed by atoms with Crippen LogP contribution >= 0.6 is 0 Å². The molecule has 0 atom stereocenters. The zero-order chi connectivity index (χ0) is 16.9. The molecule has 0 aliphatic heterocycles. The van der Waals surface area contributed by atoms with Crippen molar-refractivity contribution in [3.8, 4) is 23.0 Å². The van der Waals surface area contributed by atoms with Gasteiger partial charge in [0.2, 0.25) is 0 Å². The van der Waals surface area contributed by atoms with Crippen LogP contribution in [0.3, 0.4) is 0 Å². The second-order valence-corrected chi connectivity index (χ2v) is 4.49. The van der Waals surface area contributed by atoms with Gasteiger partial charge in [0.15, 0.2) is 11.6 Å². The summed E-state index contributed by atoms with van der Waals surface area (Å²) >= 11 is 0. The lowest BCUT2D eigenvalue weighted by molar-refractivity contribution is 0.1000. The molecule has 0 radical (unpaired) electrons. The largest absolute Gasteiger partial charge is 0.508 e. The Morgan fingerprint density at radius 3 is 1.68 bits per heavy atom. The fourth-order valence-electron chi connectivity index (χ4n) is 1.71. The molecule has 116 valence electrons. The highest BCUT2D eigenvalue weighted by Gasteiger charge is 2.10. The van der Waals surface area contributed by atoms with Gasteiger partial charge in [-0.05, 0) is 38.1 Å². The minimum Gasteiger partial charge on any atom is -0.508 e. The van der Waals surface area contributed by atoms with Crippen molar-refractivity contribution in [2.75, 3.05) is 0 Å². The number of ketones is 2. The fraction of sp³-hybridized carbons (Fsp3) is 0.125. The average molecular weight is 304 g/mol. The SMILES string of the molecule is CC(=O)c1c(O)cccc1O.CC(=O)c1ccc(O)cc1O. The number of carbonyl (C=O) groups is 2. The third kappa shape index (κ3) is 4.24. The minimum atomic E-state index is -0.347. The average Bonchev–Trinajstić information content (AvgIpc) is 2.38. The first kappa shape index (κ1) is 17.0. The molecule has 2 rings (SSSR count). The molecular formula is C16H16O6. The van der Waals surface area contributed by atoms with Gasteiger partial charge in [-0.1, -0.05) is 6.07 Å². The van der Waals surface area contributed by atoms with E-state index in [1.807, 2.05) is 0 Å². The summed E-state index contributed by atoms with van der Waals surface area (Å²) in [5, 5.41) is 36.1. The summed E-state index contributed by atoms with van der Waals surface area (Å²) in [4.78, 5) is 21.5. The molecule has 0 aliphatic rings. The van der Waals surface area contributed by atoms with Crippen LogP contribution in [0.1, 0.15) is 34.6 Å². The number of hydrogen-bond donors (Lipinski definition) is 4. The summed E-state index contributed by atoms with van der Waals surface area (Å²) < 4.78 is 0. The molecule has 2 aromatic rings. The number of carbonyl (C=O) groups excluding carboxylic acids is 2. The number of rotatable bonds is 2. The van der Waals surface area contributed by atoms with Crippen LogP contribution in [-0.4, -0.2) is 32.0 Å². The van der Waals surface area contributed by atoms with Crippen molar-refractivity contribution in [3.05, 3.63) is 47.5 Å². The van der Waals surface area contributed by atoms with Crippen LogP contribution in [0.2, 0.25) is 0 Å². The van der Waals surface area contributed by atoms with Gasteiger partial charge in [0.05, 0.1) is 5.56 Å². The van der Waals surface area contributed by atoms with Gasteiger partial charge >= 0.3 is 0 Å². The first-order valence-corrected chi connectivity index (χ1v) is 6.28. The predicted octanol–water partition coefficient (Wildman–Crippen LogP) is 2.60. The van der Waals surface area contributed by atoms with E-state index in [1.54, 1.807) is 0 Å².